The number of pyridine rings is 1. The third kappa shape index (κ3) is 4.00. The Hall–Kier alpha value is -2.46. The Kier molecular flexibility index (Phi) is 5.00. The molecule has 1 aromatic heterocycles. The third-order valence-electron chi connectivity index (χ3n) is 2.37. The summed E-state index contributed by atoms with van der Waals surface area (Å²) in [6.45, 7) is -1.60. The van der Waals surface area contributed by atoms with Crippen molar-refractivity contribution >= 4 is 17.4 Å². The number of hydrogen-bond acceptors (Lipinski definition) is 5. The first-order valence-electron chi connectivity index (χ1n) is 5.45. The van der Waals surface area contributed by atoms with E-state index in [9.17, 15) is 32.5 Å². The van der Waals surface area contributed by atoms with Crippen molar-refractivity contribution in [2.24, 2.45) is 0 Å². The van der Waals surface area contributed by atoms with Crippen LogP contribution in [0.4, 0.5) is 29.1 Å². The molecule has 0 atom stereocenters. The minimum atomic E-state index is -4.40. The smallest absolute Gasteiger partial charge is 0.324 e. The zero-order valence-electron chi connectivity index (χ0n) is 10.6. The molecule has 1 aromatic rings. The predicted octanol–water partition coefficient (Wildman–Crippen LogP) is 1.66. The van der Waals surface area contributed by atoms with E-state index in [1.807, 2.05) is 0 Å². The van der Waals surface area contributed by atoms with Crippen molar-refractivity contribution in [3.05, 3.63) is 27.9 Å². The van der Waals surface area contributed by atoms with Gasteiger partial charge in [-0.05, 0) is 0 Å². The fourth-order valence-corrected chi connectivity index (χ4v) is 1.30. The lowest BCUT2D eigenvalue weighted by Crippen LogP contribution is -2.41. The van der Waals surface area contributed by atoms with E-state index in [-0.39, 0.29) is 5.82 Å². The molecule has 0 radical (unpaired) electrons. The Morgan fingerprint density at radius 2 is 2.14 bits per heavy atom. The highest BCUT2D eigenvalue weighted by Crippen LogP contribution is 2.23. The van der Waals surface area contributed by atoms with E-state index >= 15 is 0 Å². The lowest BCUT2D eigenvalue weighted by atomic mass is 10.2. The van der Waals surface area contributed by atoms with Gasteiger partial charge in [0.2, 0.25) is 0 Å². The lowest BCUT2D eigenvalue weighted by molar-refractivity contribution is -0.385. The van der Waals surface area contributed by atoms with Crippen molar-refractivity contribution in [3.8, 4) is 0 Å². The van der Waals surface area contributed by atoms with E-state index in [1.165, 1.54) is 7.05 Å². The van der Waals surface area contributed by atoms with Crippen LogP contribution < -0.4 is 10.6 Å². The number of carbonyl (C=O) groups is 1. The summed E-state index contributed by atoms with van der Waals surface area (Å²) in [5, 5.41) is 14.6. The van der Waals surface area contributed by atoms with Crippen LogP contribution in [0.2, 0.25) is 0 Å². The molecule has 0 saturated heterocycles. The minimum absolute atomic E-state index is 0.113. The molecule has 2 N–H and O–H groups in total. The molecule has 1 heterocycles. The Morgan fingerprint density at radius 1 is 1.52 bits per heavy atom. The van der Waals surface area contributed by atoms with Gasteiger partial charge in [-0.2, -0.15) is 8.78 Å². The second kappa shape index (κ2) is 6.33. The van der Waals surface area contributed by atoms with Gasteiger partial charge in [0.1, 0.15) is 12.0 Å². The zero-order chi connectivity index (χ0) is 16.2. The molecule has 0 saturated carbocycles. The molecule has 0 bridgehead atoms. The summed E-state index contributed by atoms with van der Waals surface area (Å²) in [7, 11) is 1.35. The number of anilines is 1. The number of nitro groups is 1. The summed E-state index contributed by atoms with van der Waals surface area (Å²) in [5.74, 6) is -5.70. The summed E-state index contributed by atoms with van der Waals surface area (Å²) in [5.41, 5.74) is -0.948. The zero-order valence-corrected chi connectivity index (χ0v) is 10.6. The molecule has 0 spiro atoms. The summed E-state index contributed by atoms with van der Waals surface area (Å²) < 4.78 is 49.3. The van der Waals surface area contributed by atoms with Crippen LogP contribution in [0.3, 0.4) is 0 Å². The normalized spacial score (nSPS) is 11.3. The van der Waals surface area contributed by atoms with Crippen molar-refractivity contribution in [1.82, 2.24) is 10.3 Å². The first-order valence-corrected chi connectivity index (χ1v) is 5.45. The third-order valence-corrected chi connectivity index (χ3v) is 2.37. The van der Waals surface area contributed by atoms with Crippen LogP contribution in [0.15, 0.2) is 12.3 Å². The maximum atomic E-state index is 12.7. The lowest BCUT2D eigenvalue weighted by Gasteiger charge is -2.16. The summed E-state index contributed by atoms with van der Waals surface area (Å²) in [4.78, 5) is 25.0. The van der Waals surface area contributed by atoms with E-state index in [0.717, 1.165) is 12.3 Å². The van der Waals surface area contributed by atoms with Crippen LogP contribution in [-0.4, -0.2) is 41.8 Å². The van der Waals surface area contributed by atoms with E-state index in [0.29, 0.717) is 0 Å². The fourth-order valence-electron chi connectivity index (χ4n) is 1.30. The van der Waals surface area contributed by atoms with Crippen LogP contribution >= 0.6 is 0 Å². The van der Waals surface area contributed by atoms with Crippen LogP contribution in [0.25, 0.3) is 0 Å². The van der Waals surface area contributed by atoms with E-state index in [1.54, 1.807) is 5.32 Å². The van der Waals surface area contributed by atoms with Gasteiger partial charge in [-0.1, -0.05) is 0 Å². The van der Waals surface area contributed by atoms with E-state index < -0.39 is 41.0 Å². The minimum Gasteiger partial charge on any atom is -0.372 e. The first kappa shape index (κ1) is 16.6. The van der Waals surface area contributed by atoms with Crippen LogP contribution in [0.5, 0.6) is 0 Å². The van der Waals surface area contributed by atoms with Gasteiger partial charge in [-0.25, -0.2) is 13.8 Å². The average molecular weight is 310 g/mol. The summed E-state index contributed by atoms with van der Waals surface area (Å²) in [6.07, 6.45) is -3.08. The number of carbonyl (C=O) groups excluding carboxylic acids is 1. The maximum absolute atomic E-state index is 12.7. The van der Waals surface area contributed by atoms with Crippen LogP contribution in [0, 0.1) is 10.1 Å². The van der Waals surface area contributed by atoms with E-state index in [4.69, 9.17) is 0 Å². The number of hydrogen-bond donors (Lipinski definition) is 2. The maximum Gasteiger partial charge on any atom is 0.324 e. The number of nitrogens with one attached hydrogen (secondary N) is 2. The highest BCUT2D eigenvalue weighted by atomic mass is 19.3. The number of nitrogens with zero attached hydrogens (tertiary/aromatic N) is 2. The Balaban J connectivity index is 2.96. The number of alkyl halides is 4. The Morgan fingerprint density at radius 3 is 2.62 bits per heavy atom. The van der Waals surface area contributed by atoms with E-state index in [2.05, 4.69) is 10.3 Å². The molecular formula is C10H10F4N4O3. The quantitative estimate of drug-likeness (QED) is 0.473. The second-order valence-corrected chi connectivity index (χ2v) is 3.84. The summed E-state index contributed by atoms with van der Waals surface area (Å²) in [6, 6.07) is 0.800. The molecule has 116 valence electrons. The Labute approximate surface area is 115 Å². The molecule has 21 heavy (non-hydrogen) atoms. The van der Waals surface area contributed by atoms with Gasteiger partial charge >= 0.3 is 12.3 Å². The van der Waals surface area contributed by atoms with Gasteiger partial charge in [0.25, 0.3) is 11.6 Å². The molecule has 0 aromatic carbocycles. The summed E-state index contributed by atoms with van der Waals surface area (Å²) >= 11 is 0. The van der Waals surface area contributed by atoms with Crippen LogP contribution in [-0.2, 0) is 0 Å². The number of halogens is 4. The van der Waals surface area contributed by atoms with Gasteiger partial charge in [-0.15, -0.1) is 0 Å². The molecule has 0 aliphatic carbocycles. The predicted molar refractivity (Wildman–Crippen MR) is 63.7 cm³/mol. The standard InChI is InChI=1S/C10H10F4N4O3/c1-15-7-6(2-5(3-16-7)18(20)21)8(19)17-4-10(13,14)9(11)12/h2-3,9H,4H2,1H3,(H,15,16)(H,17,19). The number of amides is 1. The molecule has 11 heteroatoms. The molecule has 1 rings (SSSR count). The fraction of sp³-hybridized carbons (Fsp3) is 0.400. The van der Waals surface area contributed by atoms with Gasteiger partial charge in [0.05, 0.1) is 17.0 Å². The monoisotopic (exact) mass is 310 g/mol. The second-order valence-electron chi connectivity index (χ2n) is 3.84. The van der Waals surface area contributed by atoms with Gasteiger partial charge in [0, 0.05) is 13.1 Å². The van der Waals surface area contributed by atoms with Gasteiger partial charge in [-0.3, -0.25) is 14.9 Å². The molecular weight excluding hydrogens is 300 g/mol. The van der Waals surface area contributed by atoms with Crippen molar-refractivity contribution in [3.63, 3.8) is 0 Å². The van der Waals surface area contributed by atoms with Crippen molar-refractivity contribution in [2.75, 3.05) is 18.9 Å². The highest BCUT2D eigenvalue weighted by Gasteiger charge is 2.41. The van der Waals surface area contributed by atoms with Crippen molar-refractivity contribution in [2.45, 2.75) is 12.3 Å². The topological polar surface area (TPSA) is 97.2 Å². The molecule has 1 amide bonds. The highest BCUT2D eigenvalue weighted by molar-refractivity contribution is 5.99. The van der Waals surface area contributed by atoms with Crippen molar-refractivity contribution < 1.29 is 27.3 Å². The molecule has 7 nitrogen and oxygen atoms in total. The molecule has 0 fully saturated rings. The van der Waals surface area contributed by atoms with Crippen LogP contribution in [0.1, 0.15) is 10.4 Å². The molecule has 0 unspecified atom stereocenters. The van der Waals surface area contributed by atoms with Gasteiger partial charge < -0.3 is 10.6 Å². The number of aromatic nitrogens is 1. The first-order chi connectivity index (χ1) is 9.69. The molecule has 0 aliphatic heterocycles. The average Bonchev–Trinajstić information content (AvgIpc) is 2.43. The number of rotatable bonds is 6. The molecule has 0 aliphatic rings. The SMILES string of the molecule is CNc1ncc([N+](=O)[O-])cc1C(=O)NCC(F)(F)C(F)F. The van der Waals surface area contributed by atoms with Crippen molar-refractivity contribution in [1.29, 1.82) is 0 Å². The van der Waals surface area contributed by atoms with Gasteiger partial charge in [0.15, 0.2) is 0 Å². The Bertz CT molecular complexity index is 553. The largest absolute Gasteiger partial charge is 0.372 e.